The maximum atomic E-state index is 13.8. The molecule has 10 heteroatoms. The van der Waals surface area contributed by atoms with Crippen molar-refractivity contribution in [3.63, 3.8) is 0 Å². The number of nitrogens with zero attached hydrogens (tertiary/aromatic N) is 3. The standard InChI is InChI=1S/C25H20F3N3O4/c26-25(27,28)35-18-9-7-16(8-10-18)14-30-20-5-1-2-6-22(20)34-19-12-21(24(30)33)31(15-19)23(32)17-4-3-11-29-13-17/h1-11,13,19,21H,12,14-15H2. The van der Waals surface area contributed by atoms with Gasteiger partial charge in [0.1, 0.15) is 23.6 Å². The molecule has 2 bridgehead atoms. The third-order valence-electron chi connectivity index (χ3n) is 5.93. The van der Waals surface area contributed by atoms with Crippen LogP contribution in [0, 0.1) is 0 Å². The fourth-order valence-electron chi connectivity index (χ4n) is 4.40. The SMILES string of the molecule is O=C1C2CC(CN2C(=O)c2cccnc2)Oc2ccccc2N1Cc1ccc(OC(F)(F)F)cc1. The van der Waals surface area contributed by atoms with Gasteiger partial charge in [0.2, 0.25) is 5.91 Å². The number of aromatic nitrogens is 1. The number of rotatable bonds is 4. The van der Waals surface area contributed by atoms with Crippen LogP contribution in [0.4, 0.5) is 18.9 Å². The molecule has 3 aromatic rings. The van der Waals surface area contributed by atoms with E-state index in [-0.39, 0.29) is 36.8 Å². The molecule has 1 fully saturated rings. The molecule has 1 aromatic heterocycles. The molecule has 2 atom stereocenters. The first-order valence-corrected chi connectivity index (χ1v) is 10.9. The van der Waals surface area contributed by atoms with Gasteiger partial charge >= 0.3 is 6.36 Å². The molecule has 1 saturated heterocycles. The summed E-state index contributed by atoms with van der Waals surface area (Å²) in [7, 11) is 0. The van der Waals surface area contributed by atoms with E-state index in [1.54, 1.807) is 42.6 Å². The van der Waals surface area contributed by atoms with Gasteiger partial charge in [0.25, 0.3) is 5.91 Å². The Morgan fingerprint density at radius 3 is 2.57 bits per heavy atom. The molecule has 5 rings (SSSR count). The average molecular weight is 483 g/mol. The minimum Gasteiger partial charge on any atom is -0.486 e. The number of halogens is 3. The summed E-state index contributed by atoms with van der Waals surface area (Å²) in [4.78, 5) is 34.0. The van der Waals surface area contributed by atoms with Crippen LogP contribution < -0.4 is 14.4 Å². The lowest BCUT2D eigenvalue weighted by Crippen LogP contribution is -2.47. The number of benzene rings is 2. The second kappa shape index (κ2) is 8.94. The van der Waals surface area contributed by atoms with Gasteiger partial charge in [-0.3, -0.25) is 14.6 Å². The van der Waals surface area contributed by atoms with E-state index in [0.29, 0.717) is 29.0 Å². The number of carbonyl (C=O) groups excluding carboxylic acids is 2. The van der Waals surface area contributed by atoms with E-state index in [1.807, 2.05) is 0 Å². The van der Waals surface area contributed by atoms with Gasteiger partial charge in [-0.05, 0) is 42.0 Å². The second-order valence-electron chi connectivity index (χ2n) is 8.27. The Morgan fingerprint density at radius 2 is 1.86 bits per heavy atom. The number of pyridine rings is 1. The van der Waals surface area contributed by atoms with Crippen LogP contribution in [-0.2, 0) is 11.3 Å². The van der Waals surface area contributed by atoms with Gasteiger partial charge < -0.3 is 19.3 Å². The molecule has 0 spiro atoms. The number of hydrogen-bond donors (Lipinski definition) is 0. The number of likely N-dealkylation sites (tertiary alicyclic amines) is 1. The van der Waals surface area contributed by atoms with E-state index in [1.165, 1.54) is 40.3 Å². The smallest absolute Gasteiger partial charge is 0.486 e. The summed E-state index contributed by atoms with van der Waals surface area (Å²) >= 11 is 0. The number of fused-ring (bicyclic) bond motifs is 3. The monoisotopic (exact) mass is 483 g/mol. The van der Waals surface area contributed by atoms with Gasteiger partial charge in [0.05, 0.1) is 24.3 Å². The van der Waals surface area contributed by atoms with E-state index in [4.69, 9.17) is 4.74 Å². The fraction of sp³-hybridized carbons (Fsp3) is 0.240. The number of alkyl halides is 3. The Bertz CT molecular complexity index is 1230. The van der Waals surface area contributed by atoms with Crippen molar-refractivity contribution in [3.05, 3.63) is 84.2 Å². The van der Waals surface area contributed by atoms with Crippen molar-refractivity contribution >= 4 is 17.5 Å². The molecule has 2 aliphatic rings. The summed E-state index contributed by atoms with van der Waals surface area (Å²) in [6, 6.07) is 14.9. The molecule has 0 saturated carbocycles. The van der Waals surface area contributed by atoms with Gasteiger partial charge in [0.15, 0.2) is 0 Å². The molecular formula is C25H20F3N3O4. The highest BCUT2D eigenvalue weighted by Gasteiger charge is 2.45. The Balaban J connectivity index is 1.46. The van der Waals surface area contributed by atoms with E-state index in [0.717, 1.165) is 0 Å². The van der Waals surface area contributed by atoms with E-state index in [2.05, 4.69) is 9.72 Å². The summed E-state index contributed by atoms with van der Waals surface area (Å²) in [6.07, 6.45) is -1.80. The number of ether oxygens (including phenoxy) is 2. The maximum Gasteiger partial charge on any atom is 0.573 e. The molecule has 0 aliphatic carbocycles. The predicted octanol–water partition coefficient (Wildman–Crippen LogP) is 4.19. The van der Waals surface area contributed by atoms with Crippen LogP contribution in [0.15, 0.2) is 73.1 Å². The Labute approximate surface area is 198 Å². The Hall–Kier alpha value is -4.08. The van der Waals surface area contributed by atoms with Crippen LogP contribution in [0.5, 0.6) is 11.5 Å². The van der Waals surface area contributed by atoms with Crippen molar-refractivity contribution in [1.82, 2.24) is 9.88 Å². The highest BCUT2D eigenvalue weighted by atomic mass is 19.4. The highest BCUT2D eigenvalue weighted by molar-refractivity contribution is 6.03. The first-order valence-electron chi connectivity index (χ1n) is 10.9. The molecule has 35 heavy (non-hydrogen) atoms. The van der Waals surface area contributed by atoms with E-state index < -0.39 is 12.4 Å². The summed E-state index contributed by atoms with van der Waals surface area (Å²) in [5.74, 6) is -0.467. The molecular weight excluding hydrogens is 463 g/mol. The van der Waals surface area contributed by atoms with Crippen LogP contribution in [0.3, 0.4) is 0 Å². The summed E-state index contributed by atoms with van der Waals surface area (Å²) in [5, 5.41) is 0. The minimum absolute atomic E-state index is 0.0710. The second-order valence-corrected chi connectivity index (χ2v) is 8.27. The summed E-state index contributed by atoms with van der Waals surface area (Å²) in [6.45, 7) is 0.317. The first kappa shape index (κ1) is 22.7. The van der Waals surface area contributed by atoms with E-state index >= 15 is 0 Å². The van der Waals surface area contributed by atoms with E-state index in [9.17, 15) is 22.8 Å². The molecule has 2 aliphatic heterocycles. The van der Waals surface area contributed by atoms with Crippen molar-refractivity contribution < 1.29 is 32.2 Å². The predicted molar refractivity (Wildman–Crippen MR) is 119 cm³/mol. The zero-order chi connectivity index (χ0) is 24.6. The normalized spacial score (nSPS) is 19.5. The van der Waals surface area contributed by atoms with Crippen molar-refractivity contribution in [2.75, 3.05) is 11.4 Å². The molecule has 7 nitrogen and oxygen atoms in total. The van der Waals surface area contributed by atoms with Gasteiger partial charge in [-0.2, -0.15) is 0 Å². The topological polar surface area (TPSA) is 72.0 Å². The van der Waals surface area contributed by atoms with Gasteiger partial charge in [-0.1, -0.05) is 24.3 Å². The zero-order valence-electron chi connectivity index (χ0n) is 18.3. The van der Waals surface area contributed by atoms with Crippen LogP contribution in [0.2, 0.25) is 0 Å². The van der Waals surface area contributed by atoms with Gasteiger partial charge in [0, 0.05) is 18.8 Å². The van der Waals surface area contributed by atoms with Crippen LogP contribution in [-0.4, -0.2) is 46.8 Å². The number of carbonyl (C=O) groups is 2. The quantitative estimate of drug-likeness (QED) is 0.557. The molecule has 0 radical (unpaired) electrons. The Kier molecular flexibility index (Phi) is 5.80. The number of para-hydroxylation sites is 2. The van der Waals surface area contributed by atoms with Gasteiger partial charge in [-0.15, -0.1) is 13.2 Å². The Morgan fingerprint density at radius 1 is 1.09 bits per heavy atom. The third-order valence-corrected chi connectivity index (χ3v) is 5.93. The lowest BCUT2D eigenvalue weighted by Gasteiger charge is -2.32. The molecule has 2 unspecified atom stereocenters. The maximum absolute atomic E-state index is 13.8. The molecule has 0 N–H and O–H groups in total. The lowest BCUT2D eigenvalue weighted by molar-refractivity contribution is -0.274. The summed E-state index contributed by atoms with van der Waals surface area (Å²) < 4.78 is 47.6. The van der Waals surface area contributed by atoms with Crippen LogP contribution in [0.25, 0.3) is 0 Å². The summed E-state index contributed by atoms with van der Waals surface area (Å²) in [5.41, 5.74) is 1.48. The van der Waals surface area contributed by atoms with Crippen molar-refractivity contribution in [2.24, 2.45) is 0 Å². The molecule has 2 aromatic carbocycles. The fourth-order valence-corrected chi connectivity index (χ4v) is 4.40. The van der Waals surface area contributed by atoms with Crippen molar-refractivity contribution in [1.29, 1.82) is 0 Å². The molecule has 3 heterocycles. The highest BCUT2D eigenvalue weighted by Crippen LogP contribution is 2.37. The van der Waals surface area contributed by atoms with Crippen LogP contribution >= 0.6 is 0 Å². The molecule has 180 valence electrons. The van der Waals surface area contributed by atoms with Crippen molar-refractivity contribution in [3.8, 4) is 11.5 Å². The number of hydrogen-bond acceptors (Lipinski definition) is 5. The minimum atomic E-state index is -4.79. The van der Waals surface area contributed by atoms with Gasteiger partial charge in [-0.25, -0.2) is 0 Å². The average Bonchev–Trinajstić information content (AvgIpc) is 3.27. The number of anilines is 1. The first-order chi connectivity index (χ1) is 16.8. The third kappa shape index (κ3) is 4.77. The zero-order valence-corrected chi connectivity index (χ0v) is 18.3. The van der Waals surface area contributed by atoms with Crippen molar-refractivity contribution in [2.45, 2.75) is 31.5 Å². The molecule has 2 amide bonds. The van der Waals surface area contributed by atoms with Crippen LogP contribution in [0.1, 0.15) is 22.3 Å². The lowest BCUT2D eigenvalue weighted by atomic mass is 10.1. The largest absolute Gasteiger partial charge is 0.573 e. The number of amides is 2.